The number of allylic oxidation sites excluding steroid dienone is 2. The monoisotopic (exact) mass is 461 g/mol. The molecule has 4 atom stereocenters. The van der Waals surface area contributed by atoms with Crippen LogP contribution in [0.25, 0.3) is 11.2 Å². The topological polar surface area (TPSA) is 126 Å². The van der Waals surface area contributed by atoms with Crippen LogP contribution in [0, 0.1) is 11.8 Å². The van der Waals surface area contributed by atoms with Gasteiger partial charge in [0.1, 0.15) is 24.6 Å². The summed E-state index contributed by atoms with van der Waals surface area (Å²) in [7, 11) is 0. The molecule has 34 heavy (non-hydrogen) atoms. The zero-order valence-electron chi connectivity index (χ0n) is 18.6. The number of hydrogen-bond donors (Lipinski definition) is 4. The van der Waals surface area contributed by atoms with Gasteiger partial charge in [0.15, 0.2) is 23.2 Å². The lowest BCUT2D eigenvalue weighted by molar-refractivity contribution is -0.0511. The average Bonchev–Trinajstić information content (AvgIpc) is 3.43. The van der Waals surface area contributed by atoms with Crippen LogP contribution in [0.5, 0.6) is 0 Å². The van der Waals surface area contributed by atoms with E-state index in [9.17, 15) is 15.3 Å². The van der Waals surface area contributed by atoms with E-state index in [-0.39, 0.29) is 0 Å². The van der Waals surface area contributed by atoms with Crippen molar-refractivity contribution in [2.75, 3.05) is 11.9 Å². The number of anilines is 1. The summed E-state index contributed by atoms with van der Waals surface area (Å²) in [6.45, 7) is 0.136. The maximum atomic E-state index is 10.3. The maximum absolute atomic E-state index is 10.3. The number of nitrogens with zero attached hydrogens (tertiary/aromatic N) is 4. The molecule has 0 unspecified atom stereocenters. The lowest BCUT2D eigenvalue weighted by atomic mass is 10.00. The second-order valence-corrected chi connectivity index (χ2v) is 8.55. The molecule has 2 aromatic heterocycles. The number of aliphatic hydroxyl groups is 3. The highest BCUT2D eigenvalue weighted by atomic mass is 16.6. The molecule has 1 aliphatic heterocycles. The number of aliphatic hydroxyl groups excluding tert-OH is 3. The quantitative estimate of drug-likeness (QED) is 0.425. The van der Waals surface area contributed by atoms with Crippen LogP contribution in [-0.4, -0.2) is 59.8 Å². The minimum Gasteiger partial charge on any atom is -0.394 e. The Labute approximate surface area is 197 Å². The average molecular weight is 462 g/mol. The number of ether oxygens (including phenoxy) is 1. The van der Waals surface area contributed by atoms with Crippen LogP contribution in [0.4, 0.5) is 5.82 Å². The van der Waals surface area contributed by atoms with Gasteiger partial charge < -0.3 is 25.4 Å². The Morgan fingerprint density at radius 3 is 2.65 bits per heavy atom. The van der Waals surface area contributed by atoms with Crippen molar-refractivity contribution in [1.29, 1.82) is 0 Å². The number of hydrogen-bond acceptors (Lipinski definition) is 8. The molecule has 2 aliphatic rings. The summed E-state index contributed by atoms with van der Waals surface area (Å²) in [4.78, 5) is 13.0. The summed E-state index contributed by atoms with van der Waals surface area (Å²) in [5.74, 6) is 7.07. The van der Waals surface area contributed by atoms with Crippen molar-refractivity contribution in [2.24, 2.45) is 0 Å². The Morgan fingerprint density at radius 1 is 1.06 bits per heavy atom. The zero-order chi connectivity index (χ0) is 23.5. The summed E-state index contributed by atoms with van der Waals surface area (Å²) in [6.07, 6.45) is 5.63. The van der Waals surface area contributed by atoms with E-state index in [0.29, 0.717) is 23.5 Å². The normalized spacial score (nSPS) is 24.5. The second kappa shape index (κ2) is 9.91. The molecule has 0 spiro atoms. The molecule has 1 aliphatic carbocycles. The van der Waals surface area contributed by atoms with Gasteiger partial charge >= 0.3 is 0 Å². The standard InChI is InChI=1S/C25H27N5O4/c31-13-19-21(32)22(33)25(34-19)30-15-29-20-23(27-14-28-24(20)30)26-12-18-10-8-17(9-11-18)7-6-16-4-2-1-3-5-16/h4,8-11,14-15,19,21-22,25,31-33H,1-3,5,12-13H2,(H,26,27,28)/t19-,21-,22-,25-/m1/s1. The van der Waals surface area contributed by atoms with Crippen LogP contribution in [0.2, 0.25) is 0 Å². The minimum absolute atomic E-state index is 0.397. The van der Waals surface area contributed by atoms with E-state index in [1.54, 1.807) is 4.57 Å². The highest BCUT2D eigenvalue weighted by molar-refractivity contribution is 5.82. The Morgan fingerprint density at radius 2 is 1.91 bits per heavy atom. The maximum Gasteiger partial charge on any atom is 0.167 e. The first-order valence-corrected chi connectivity index (χ1v) is 11.5. The van der Waals surface area contributed by atoms with Gasteiger partial charge in [0, 0.05) is 12.1 Å². The number of fused-ring (bicyclic) bond motifs is 1. The largest absolute Gasteiger partial charge is 0.394 e. The third-order valence-corrected chi connectivity index (χ3v) is 6.22. The van der Waals surface area contributed by atoms with Crippen LogP contribution in [0.1, 0.15) is 43.0 Å². The summed E-state index contributed by atoms with van der Waals surface area (Å²) in [5, 5.41) is 33.0. The number of benzene rings is 1. The van der Waals surface area contributed by atoms with E-state index < -0.39 is 31.1 Å². The van der Waals surface area contributed by atoms with E-state index in [0.717, 1.165) is 24.0 Å². The first-order chi connectivity index (χ1) is 16.6. The molecule has 0 amide bonds. The summed E-state index contributed by atoms with van der Waals surface area (Å²) >= 11 is 0. The van der Waals surface area contributed by atoms with Gasteiger partial charge in [0.2, 0.25) is 0 Å². The number of rotatable bonds is 5. The van der Waals surface area contributed by atoms with Crippen molar-refractivity contribution < 1.29 is 20.1 Å². The van der Waals surface area contributed by atoms with Gasteiger partial charge in [-0.2, -0.15) is 0 Å². The summed E-state index contributed by atoms with van der Waals surface area (Å²) in [5.41, 5.74) is 4.26. The Kier molecular flexibility index (Phi) is 6.56. The predicted molar refractivity (Wildman–Crippen MR) is 126 cm³/mol. The smallest absolute Gasteiger partial charge is 0.167 e. The molecule has 1 aromatic carbocycles. The SMILES string of the molecule is OC[C@H]1O[C@@H](n2cnc3c(NCc4ccc(C#CC5=CCCCC5)cc4)ncnc32)[C@H](O)[C@@H]1O. The molecule has 0 bridgehead atoms. The number of imidazole rings is 1. The molecule has 1 fully saturated rings. The highest BCUT2D eigenvalue weighted by Crippen LogP contribution is 2.32. The van der Waals surface area contributed by atoms with Gasteiger partial charge in [-0.3, -0.25) is 4.57 Å². The third-order valence-electron chi connectivity index (χ3n) is 6.22. The van der Waals surface area contributed by atoms with Crippen LogP contribution < -0.4 is 5.32 Å². The van der Waals surface area contributed by atoms with Crippen LogP contribution >= 0.6 is 0 Å². The third kappa shape index (κ3) is 4.54. The van der Waals surface area contributed by atoms with E-state index in [1.807, 2.05) is 24.3 Å². The van der Waals surface area contributed by atoms with Crippen molar-refractivity contribution in [2.45, 2.75) is 56.8 Å². The fourth-order valence-electron chi connectivity index (χ4n) is 4.27. The summed E-state index contributed by atoms with van der Waals surface area (Å²) in [6, 6.07) is 8.09. The first kappa shape index (κ1) is 22.5. The van der Waals surface area contributed by atoms with Crippen LogP contribution in [-0.2, 0) is 11.3 Å². The van der Waals surface area contributed by atoms with E-state index in [2.05, 4.69) is 38.2 Å². The zero-order valence-corrected chi connectivity index (χ0v) is 18.6. The lowest BCUT2D eigenvalue weighted by Gasteiger charge is -2.16. The highest BCUT2D eigenvalue weighted by Gasteiger charge is 2.44. The second-order valence-electron chi connectivity index (χ2n) is 8.55. The van der Waals surface area contributed by atoms with E-state index in [1.165, 1.54) is 31.1 Å². The molecule has 0 radical (unpaired) electrons. The minimum atomic E-state index is -1.21. The van der Waals surface area contributed by atoms with Crippen molar-refractivity contribution in [3.63, 3.8) is 0 Å². The van der Waals surface area contributed by atoms with Gasteiger partial charge in [-0.1, -0.05) is 30.0 Å². The van der Waals surface area contributed by atoms with Gasteiger partial charge in [0.25, 0.3) is 0 Å². The first-order valence-electron chi connectivity index (χ1n) is 11.5. The number of nitrogens with one attached hydrogen (secondary N) is 1. The van der Waals surface area contributed by atoms with Gasteiger partial charge in [-0.25, -0.2) is 15.0 Å². The molecule has 4 N–H and O–H groups in total. The fraction of sp³-hybridized carbons (Fsp3) is 0.400. The van der Waals surface area contributed by atoms with Gasteiger partial charge in [-0.15, -0.1) is 0 Å². The van der Waals surface area contributed by atoms with Crippen molar-refractivity contribution in [1.82, 2.24) is 19.5 Å². The van der Waals surface area contributed by atoms with Gasteiger partial charge in [-0.05, 0) is 49.0 Å². The summed E-state index contributed by atoms with van der Waals surface area (Å²) < 4.78 is 7.15. The Bertz CT molecular complexity index is 1240. The molecule has 5 rings (SSSR count). The molecular weight excluding hydrogens is 434 g/mol. The van der Waals surface area contributed by atoms with Gasteiger partial charge in [0.05, 0.1) is 12.9 Å². The molecule has 9 heteroatoms. The Balaban J connectivity index is 1.28. The predicted octanol–water partition coefficient (Wildman–Crippen LogP) is 1.90. The van der Waals surface area contributed by atoms with Crippen molar-refractivity contribution in [3.8, 4) is 11.8 Å². The van der Waals surface area contributed by atoms with E-state index in [4.69, 9.17) is 4.74 Å². The van der Waals surface area contributed by atoms with Crippen LogP contribution in [0.3, 0.4) is 0 Å². The van der Waals surface area contributed by atoms with Crippen molar-refractivity contribution >= 4 is 17.0 Å². The number of aromatic nitrogens is 4. The molecular formula is C25H27N5O4. The molecule has 3 aromatic rings. The lowest BCUT2D eigenvalue weighted by Crippen LogP contribution is -2.33. The van der Waals surface area contributed by atoms with E-state index >= 15 is 0 Å². The molecule has 1 saturated heterocycles. The molecule has 3 heterocycles. The molecule has 176 valence electrons. The molecule has 0 saturated carbocycles. The van der Waals surface area contributed by atoms with Crippen molar-refractivity contribution in [3.05, 3.63) is 59.7 Å². The molecule has 9 nitrogen and oxygen atoms in total. The Hall–Kier alpha value is -3.29. The van der Waals surface area contributed by atoms with Crippen LogP contribution in [0.15, 0.2) is 48.6 Å². The fourth-order valence-corrected chi connectivity index (χ4v) is 4.27.